The molecule has 1 amide bonds. The number of carbonyl (C=O) groups is 1. The Labute approximate surface area is 201 Å². The molecule has 35 heavy (non-hydrogen) atoms. The van der Waals surface area contributed by atoms with E-state index in [9.17, 15) is 9.59 Å². The molecule has 0 saturated heterocycles. The zero-order valence-electron chi connectivity index (χ0n) is 19.4. The molecule has 1 unspecified atom stereocenters. The Kier molecular flexibility index (Phi) is 4.99. The van der Waals surface area contributed by atoms with Crippen LogP contribution in [0.1, 0.15) is 45.8 Å². The average Bonchev–Trinajstić information content (AvgIpc) is 3.43. The summed E-state index contributed by atoms with van der Waals surface area (Å²) in [4.78, 5) is 29.1. The van der Waals surface area contributed by atoms with E-state index in [1.807, 2.05) is 68.4 Å². The van der Waals surface area contributed by atoms with Crippen molar-refractivity contribution >= 4 is 16.9 Å². The molecule has 4 aromatic rings. The van der Waals surface area contributed by atoms with Crippen LogP contribution in [0, 0.1) is 6.92 Å². The van der Waals surface area contributed by atoms with Crippen molar-refractivity contribution in [2.75, 3.05) is 13.4 Å². The molecule has 176 valence electrons. The van der Waals surface area contributed by atoms with Gasteiger partial charge in [-0.25, -0.2) is 0 Å². The Hall–Kier alpha value is -4.26. The van der Waals surface area contributed by atoms with Crippen molar-refractivity contribution in [3.05, 3.63) is 98.9 Å². The second kappa shape index (κ2) is 8.20. The van der Waals surface area contributed by atoms with Crippen molar-refractivity contribution in [2.24, 2.45) is 0 Å². The van der Waals surface area contributed by atoms with Crippen LogP contribution in [0.5, 0.6) is 17.2 Å². The summed E-state index contributed by atoms with van der Waals surface area (Å²) in [5.74, 6) is 1.80. The lowest BCUT2D eigenvalue weighted by atomic mass is 9.98. The van der Waals surface area contributed by atoms with Crippen LogP contribution in [-0.4, -0.2) is 24.2 Å². The molecule has 1 aromatic heterocycles. The second-order valence-electron chi connectivity index (χ2n) is 8.70. The first kappa shape index (κ1) is 21.3. The summed E-state index contributed by atoms with van der Waals surface area (Å²) in [7, 11) is 0. The third-order valence-corrected chi connectivity index (χ3v) is 6.42. The van der Waals surface area contributed by atoms with E-state index in [0.717, 1.165) is 22.4 Å². The van der Waals surface area contributed by atoms with Gasteiger partial charge < -0.3 is 23.5 Å². The highest BCUT2D eigenvalue weighted by Crippen LogP contribution is 2.41. The minimum Gasteiger partial charge on any atom is -0.494 e. The Morgan fingerprint density at radius 3 is 2.57 bits per heavy atom. The van der Waals surface area contributed by atoms with E-state index in [-0.39, 0.29) is 30.4 Å². The average molecular weight is 469 g/mol. The van der Waals surface area contributed by atoms with Crippen LogP contribution in [0.2, 0.25) is 0 Å². The molecule has 7 heteroatoms. The Balaban J connectivity index is 1.49. The lowest BCUT2D eigenvalue weighted by Crippen LogP contribution is -2.29. The quantitative estimate of drug-likeness (QED) is 0.411. The van der Waals surface area contributed by atoms with Crippen LogP contribution in [0.3, 0.4) is 0 Å². The fraction of sp³-hybridized carbons (Fsp3) is 0.214. The van der Waals surface area contributed by atoms with Crippen molar-refractivity contribution in [3.8, 4) is 17.2 Å². The molecule has 3 aromatic carbocycles. The smallest absolute Gasteiger partial charge is 0.291 e. The van der Waals surface area contributed by atoms with E-state index in [1.54, 1.807) is 11.0 Å². The number of amides is 1. The molecular formula is C28H23NO6. The van der Waals surface area contributed by atoms with Crippen LogP contribution < -0.4 is 19.6 Å². The zero-order valence-corrected chi connectivity index (χ0v) is 19.4. The van der Waals surface area contributed by atoms with Gasteiger partial charge in [0.15, 0.2) is 16.9 Å². The van der Waals surface area contributed by atoms with Crippen molar-refractivity contribution in [2.45, 2.75) is 26.4 Å². The maximum atomic E-state index is 13.7. The van der Waals surface area contributed by atoms with Crippen LogP contribution in [0.15, 0.2) is 69.9 Å². The Bertz CT molecular complexity index is 1520. The molecule has 2 aliphatic heterocycles. The van der Waals surface area contributed by atoms with E-state index in [4.69, 9.17) is 18.6 Å². The topological polar surface area (TPSA) is 78.2 Å². The second-order valence-corrected chi connectivity index (χ2v) is 8.70. The van der Waals surface area contributed by atoms with Gasteiger partial charge in [0.1, 0.15) is 11.3 Å². The summed E-state index contributed by atoms with van der Waals surface area (Å²) in [6, 6.07) is 17.9. The molecule has 0 spiro atoms. The van der Waals surface area contributed by atoms with Gasteiger partial charge in [-0.15, -0.1) is 0 Å². The predicted octanol–water partition coefficient (Wildman–Crippen LogP) is 4.97. The SMILES string of the molecule is CCOc1ccc(C2c3c(oc4ccc(C)cc4c3=O)C(=O)N2Cc2ccc3c(c2)OCO3)cc1. The van der Waals surface area contributed by atoms with Gasteiger partial charge in [0.05, 0.1) is 23.6 Å². The van der Waals surface area contributed by atoms with E-state index < -0.39 is 6.04 Å². The van der Waals surface area contributed by atoms with E-state index in [1.165, 1.54) is 0 Å². The Morgan fingerprint density at radius 2 is 1.77 bits per heavy atom. The highest BCUT2D eigenvalue weighted by molar-refractivity contribution is 5.99. The summed E-state index contributed by atoms with van der Waals surface area (Å²) in [5.41, 5.74) is 3.19. The lowest BCUT2D eigenvalue weighted by molar-refractivity contribution is 0.0714. The van der Waals surface area contributed by atoms with Crippen molar-refractivity contribution in [1.29, 1.82) is 0 Å². The molecule has 0 N–H and O–H groups in total. The number of benzene rings is 3. The van der Waals surface area contributed by atoms with Gasteiger partial charge in [-0.2, -0.15) is 0 Å². The molecule has 0 bridgehead atoms. The van der Waals surface area contributed by atoms with Gasteiger partial charge in [-0.1, -0.05) is 29.8 Å². The number of ether oxygens (including phenoxy) is 3. The summed E-state index contributed by atoms with van der Waals surface area (Å²) < 4.78 is 22.6. The van der Waals surface area contributed by atoms with Crippen LogP contribution in [0.25, 0.3) is 11.0 Å². The molecule has 6 rings (SSSR count). The summed E-state index contributed by atoms with van der Waals surface area (Å²) in [5, 5.41) is 0.470. The first-order valence-electron chi connectivity index (χ1n) is 11.5. The van der Waals surface area contributed by atoms with Gasteiger partial charge in [-0.05, 0) is 61.4 Å². The van der Waals surface area contributed by atoms with Crippen molar-refractivity contribution in [3.63, 3.8) is 0 Å². The number of hydrogen-bond acceptors (Lipinski definition) is 6. The minimum atomic E-state index is -0.597. The normalized spacial score (nSPS) is 16.1. The Morgan fingerprint density at radius 1 is 0.971 bits per heavy atom. The number of aryl methyl sites for hydroxylation is 1. The summed E-state index contributed by atoms with van der Waals surface area (Å²) >= 11 is 0. The first-order chi connectivity index (χ1) is 17.0. The highest BCUT2D eigenvalue weighted by Gasteiger charge is 2.42. The van der Waals surface area contributed by atoms with Crippen molar-refractivity contribution in [1.82, 2.24) is 4.90 Å². The zero-order chi connectivity index (χ0) is 24.1. The van der Waals surface area contributed by atoms with Gasteiger partial charge in [-0.3, -0.25) is 9.59 Å². The third kappa shape index (κ3) is 3.51. The molecule has 3 heterocycles. The van der Waals surface area contributed by atoms with Gasteiger partial charge in [0.25, 0.3) is 5.91 Å². The molecule has 7 nitrogen and oxygen atoms in total. The fourth-order valence-electron chi connectivity index (χ4n) is 4.79. The lowest BCUT2D eigenvalue weighted by Gasteiger charge is -2.25. The van der Waals surface area contributed by atoms with Gasteiger partial charge in [0.2, 0.25) is 12.6 Å². The fourth-order valence-corrected chi connectivity index (χ4v) is 4.79. The van der Waals surface area contributed by atoms with Gasteiger partial charge >= 0.3 is 0 Å². The summed E-state index contributed by atoms with van der Waals surface area (Å²) in [6.45, 7) is 4.84. The third-order valence-electron chi connectivity index (χ3n) is 6.42. The molecule has 0 radical (unpaired) electrons. The van der Waals surface area contributed by atoms with E-state index >= 15 is 0 Å². The molecule has 2 aliphatic rings. The van der Waals surface area contributed by atoms with Crippen molar-refractivity contribution < 1.29 is 23.4 Å². The number of rotatable bonds is 5. The number of nitrogens with zero attached hydrogens (tertiary/aromatic N) is 1. The maximum absolute atomic E-state index is 13.7. The summed E-state index contributed by atoms with van der Waals surface area (Å²) in [6.07, 6.45) is 0. The van der Waals surface area contributed by atoms with Crippen LogP contribution >= 0.6 is 0 Å². The standard InChI is InChI=1S/C28H23NO6/c1-3-32-19-8-6-18(7-9-19)25-24-26(30)20-12-16(2)4-10-21(20)35-27(24)28(31)29(25)14-17-5-11-22-23(13-17)34-15-33-22/h4-13,25H,3,14-15H2,1-2H3. The molecule has 0 fully saturated rings. The number of carbonyl (C=O) groups excluding carboxylic acids is 1. The molecule has 1 atom stereocenters. The van der Waals surface area contributed by atoms with Crippen LogP contribution in [0.4, 0.5) is 0 Å². The monoisotopic (exact) mass is 469 g/mol. The molecule has 0 saturated carbocycles. The van der Waals surface area contributed by atoms with E-state index in [0.29, 0.717) is 34.6 Å². The van der Waals surface area contributed by atoms with Crippen LogP contribution in [-0.2, 0) is 6.54 Å². The molecular weight excluding hydrogens is 446 g/mol. The number of fused-ring (bicyclic) bond motifs is 3. The molecule has 0 aliphatic carbocycles. The van der Waals surface area contributed by atoms with Gasteiger partial charge in [0, 0.05) is 6.54 Å². The first-order valence-corrected chi connectivity index (χ1v) is 11.5. The highest BCUT2D eigenvalue weighted by atomic mass is 16.7. The number of hydrogen-bond donors (Lipinski definition) is 0. The predicted molar refractivity (Wildman–Crippen MR) is 129 cm³/mol. The van der Waals surface area contributed by atoms with E-state index in [2.05, 4.69) is 0 Å². The minimum absolute atomic E-state index is 0.0889. The maximum Gasteiger partial charge on any atom is 0.291 e. The largest absolute Gasteiger partial charge is 0.494 e.